The summed E-state index contributed by atoms with van der Waals surface area (Å²) in [4.78, 5) is 38.0. The molecule has 3 N–H and O–H groups in total. The van der Waals surface area contributed by atoms with Crippen LogP contribution >= 0.6 is 0 Å². The quantitative estimate of drug-likeness (QED) is 0.319. The van der Waals surface area contributed by atoms with Crippen molar-refractivity contribution in [3.05, 3.63) is 67.5 Å². The van der Waals surface area contributed by atoms with Crippen molar-refractivity contribution in [3.63, 3.8) is 0 Å². The molecule has 1 aliphatic rings. The SMILES string of the molecule is O=C(Nc1cncc(-c2cc3c(-c4nc5nccc(-c6ccncc6)c5[nH]4)n[nH]c3cn2)c1)C1CCC1. The third kappa shape index (κ3) is 3.79. The topological polar surface area (TPSA) is 138 Å². The molecule has 37 heavy (non-hydrogen) atoms. The Kier molecular flexibility index (Phi) is 4.95. The molecule has 0 aliphatic heterocycles. The average molecular weight is 488 g/mol. The third-order valence-corrected chi connectivity index (χ3v) is 6.83. The van der Waals surface area contributed by atoms with Gasteiger partial charge in [-0.25, -0.2) is 9.97 Å². The minimum Gasteiger partial charge on any atom is -0.335 e. The van der Waals surface area contributed by atoms with Gasteiger partial charge in [-0.2, -0.15) is 5.10 Å². The fraction of sp³-hybridized carbons (Fsp3) is 0.148. The lowest BCUT2D eigenvalue weighted by atomic mass is 9.85. The Morgan fingerprint density at radius 3 is 2.68 bits per heavy atom. The predicted octanol–water partition coefficient (Wildman–Crippen LogP) is 4.76. The van der Waals surface area contributed by atoms with Crippen LogP contribution in [0.25, 0.3) is 56.0 Å². The van der Waals surface area contributed by atoms with Crippen LogP contribution in [0.15, 0.2) is 67.5 Å². The molecule has 6 aromatic heterocycles. The Bertz CT molecular complexity index is 1770. The number of hydrogen-bond acceptors (Lipinski definition) is 7. The van der Waals surface area contributed by atoms with Crippen LogP contribution < -0.4 is 5.32 Å². The Labute approximate surface area is 210 Å². The van der Waals surface area contributed by atoms with E-state index in [1.54, 1.807) is 37.2 Å². The molecule has 6 heterocycles. The summed E-state index contributed by atoms with van der Waals surface area (Å²) < 4.78 is 0. The number of carbonyl (C=O) groups is 1. The standard InChI is InChI=1S/C27H21N9O/c37-27(16-2-1-3-16)32-18-10-17(12-29-13-18)21-11-20-22(14-31-21)35-36-24(20)26-33-23-19(6-9-30-25(23)34-26)15-4-7-28-8-5-15/h4-14,16H,1-3H2,(H,32,37)(H,35,36)(H,30,33,34). The number of hydrogen-bond donors (Lipinski definition) is 3. The summed E-state index contributed by atoms with van der Waals surface area (Å²) in [6, 6.07) is 9.70. The number of imidazole rings is 1. The Morgan fingerprint density at radius 1 is 0.946 bits per heavy atom. The highest BCUT2D eigenvalue weighted by Crippen LogP contribution is 2.32. The third-order valence-electron chi connectivity index (χ3n) is 6.83. The molecule has 0 saturated heterocycles. The second-order valence-electron chi connectivity index (χ2n) is 9.15. The number of nitrogens with zero attached hydrogens (tertiary/aromatic N) is 6. The molecule has 10 nitrogen and oxygen atoms in total. The maximum atomic E-state index is 12.4. The molecular weight excluding hydrogens is 466 g/mol. The van der Waals surface area contributed by atoms with E-state index >= 15 is 0 Å². The monoisotopic (exact) mass is 487 g/mol. The van der Waals surface area contributed by atoms with Gasteiger partial charge in [-0.3, -0.25) is 24.8 Å². The van der Waals surface area contributed by atoms with Crippen molar-refractivity contribution in [1.29, 1.82) is 0 Å². The van der Waals surface area contributed by atoms with Crippen molar-refractivity contribution < 1.29 is 4.79 Å². The summed E-state index contributed by atoms with van der Waals surface area (Å²) in [5.74, 6) is 0.756. The van der Waals surface area contributed by atoms with E-state index in [2.05, 4.69) is 40.4 Å². The van der Waals surface area contributed by atoms with Crippen LogP contribution in [0, 0.1) is 5.92 Å². The van der Waals surface area contributed by atoms with Gasteiger partial charge in [0, 0.05) is 47.2 Å². The summed E-state index contributed by atoms with van der Waals surface area (Å²) in [5, 5.41) is 11.4. The fourth-order valence-corrected chi connectivity index (χ4v) is 4.61. The van der Waals surface area contributed by atoms with Crippen LogP contribution in [0.4, 0.5) is 5.69 Å². The van der Waals surface area contributed by atoms with Gasteiger partial charge >= 0.3 is 0 Å². The Balaban J connectivity index is 1.26. The van der Waals surface area contributed by atoms with Crippen molar-refractivity contribution in [2.75, 3.05) is 5.32 Å². The van der Waals surface area contributed by atoms with Gasteiger partial charge in [-0.05, 0) is 48.7 Å². The number of pyridine rings is 4. The number of carbonyl (C=O) groups excluding carboxylic acids is 1. The van der Waals surface area contributed by atoms with E-state index in [4.69, 9.17) is 4.98 Å². The summed E-state index contributed by atoms with van der Waals surface area (Å²) in [6.45, 7) is 0. The number of nitrogens with one attached hydrogen (secondary N) is 3. The number of H-pyrrole nitrogens is 2. The minimum absolute atomic E-state index is 0.0513. The van der Waals surface area contributed by atoms with Crippen molar-refractivity contribution in [2.45, 2.75) is 19.3 Å². The molecule has 1 amide bonds. The molecule has 0 aromatic carbocycles. The zero-order chi connectivity index (χ0) is 24.8. The second-order valence-corrected chi connectivity index (χ2v) is 9.15. The van der Waals surface area contributed by atoms with Crippen molar-refractivity contribution >= 4 is 33.7 Å². The van der Waals surface area contributed by atoms with Gasteiger partial charge in [0.25, 0.3) is 0 Å². The number of anilines is 1. The lowest BCUT2D eigenvalue weighted by Crippen LogP contribution is -2.28. The molecule has 0 radical (unpaired) electrons. The van der Waals surface area contributed by atoms with E-state index in [0.29, 0.717) is 28.5 Å². The lowest BCUT2D eigenvalue weighted by Gasteiger charge is -2.24. The van der Waals surface area contributed by atoms with E-state index in [9.17, 15) is 4.79 Å². The number of amides is 1. The summed E-state index contributed by atoms with van der Waals surface area (Å²) >= 11 is 0. The highest BCUT2D eigenvalue weighted by molar-refractivity contribution is 5.97. The van der Waals surface area contributed by atoms with Crippen LogP contribution in [0.2, 0.25) is 0 Å². The molecule has 10 heteroatoms. The van der Waals surface area contributed by atoms with Crippen LogP contribution in [0.5, 0.6) is 0 Å². The molecule has 6 aromatic rings. The number of rotatable bonds is 5. The highest BCUT2D eigenvalue weighted by Gasteiger charge is 2.25. The van der Waals surface area contributed by atoms with Crippen LogP contribution in [0.3, 0.4) is 0 Å². The summed E-state index contributed by atoms with van der Waals surface area (Å²) in [6.07, 6.45) is 13.4. The van der Waals surface area contributed by atoms with Crippen LogP contribution in [-0.2, 0) is 4.79 Å². The van der Waals surface area contributed by atoms with Gasteiger partial charge < -0.3 is 10.3 Å². The molecule has 0 bridgehead atoms. The summed E-state index contributed by atoms with van der Waals surface area (Å²) in [7, 11) is 0. The number of aromatic nitrogens is 8. The molecule has 1 saturated carbocycles. The van der Waals surface area contributed by atoms with Gasteiger partial charge in [-0.1, -0.05) is 6.42 Å². The van der Waals surface area contributed by atoms with Crippen molar-refractivity contribution in [3.8, 4) is 33.9 Å². The molecular formula is C27H21N9O. The maximum Gasteiger partial charge on any atom is 0.227 e. The Hall–Kier alpha value is -4.99. The normalized spacial score (nSPS) is 13.6. The van der Waals surface area contributed by atoms with Gasteiger partial charge in [0.2, 0.25) is 5.91 Å². The fourth-order valence-electron chi connectivity index (χ4n) is 4.61. The molecule has 1 aliphatic carbocycles. The van der Waals surface area contributed by atoms with E-state index < -0.39 is 0 Å². The predicted molar refractivity (Wildman–Crippen MR) is 139 cm³/mol. The number of fused-ring (bicyclic) bond motifs is 2. The van der Waals surface area contributed by atoms with Gasteiger partial charge in [0.15, 0.2) is 11.5 Å². The zero-order valence-electron chi connectivity index (χ0n) is 19.6. The van der Waals surface area contributed by atoms with E-state index in [0.717, 1.165) is 52.4 Å². The summed E-state index contributed by atoms with van der Waals surface area (Å²) in [5.41, 5.74) is 7.06. The molecule has 180 valence electrons. The zero-order valence-corrected chi connectivity index (χ0v) is 19.6. The van der Waals surface area contributed by atoms with Gasteiger partial charge in [0.05, 0.1) is 34.8 Å². The van der Waals surface area contributed by atoms with Crippen LogP contribution in [0.1, 0.15) is 19.3 Å². The smallest absolute Gasteiger partial charge is 0.227 e. The first-order valence-electron chi connectivity index (χ1n) is 12.1. The van der Waals surface area contributed by atoms with E-state index in [-0.39, 0.29) is 11.8 Å². The molecule has 0 spiro atoms. The maximum absolute atomic E-state index is 12.4. The van der Waals surface area contributed by atoms with Crippen LogP contribution in [-0.4, -0.2) is 46.0 Å². The number of aromatic amines is 2. The second kappa shape index (κ2) is 8.59. The van der Waals surface area contributed by atoms with Gasteiger partial charge in [-0.15, -0.1) is 0 Å². The molecule has 0 atom stereocenters. The minimum atomic E-state index is 0.0513. The van der Waals surface area contributed by atoms with Gasteiger partial charge in [0.1, 0.15) is 5.69 Å². The Morgan fingerprint density at radius 2 is 1.84 bits per heavy atom. The van der Waals surface area contributed by atoms with Crippen molar-refractivity contribution in [1.82, 2.24) is 40.1 Å². The largest absolute Gasteiger partial charge is 0.335 e. The van der Waals surface area contributed by atoms with Crippen molar-refractivity contribution in [2.24, 2.45) is 5.92 Å². The molecule has 0 unspecified atom stereocenters. The lowest BCUT2D eigenvalue weighted by molar-refractivity contribution is -0.122. The molecule has 7 rings (SSSR count). The van der Waals surface area contributed by atoms with E-state index in [1.165, 1.54) is 0 Å². The van der Waals surface area contributed by atoms with E-state index in [1.807, 2.05) is 30.3 Å². The first-order valence-corrected chi connectivity index (χ1v) is 12.1. The first-order chi connectivity index (χ1) is 18.2. The molecule has 1 fully saturated rings. The highest BCUT2D eigenvalue weighted by atomic mass is 16.1. The average Bonchev–Trinajstić information content (AvgIpc) is 3.52. The first kappa shape index (κ1) is 21.3.